The van der Waals surface area contributed by atoms with Crippen molar-refractivity contribution in [1.82, 2.24) is 0 Å². The summed E-state index contributed by atoms with van der Waals surface area (Å²) in [6.07, 6.45) is 0. The fraction of sp³-hybridized carbons (Fsp3) is 0.364. The van der Waals surface area contributed by atoms with Gasteiger partial charge in [-0.2, -0.15) is 0 Å². The Morgan fingerprint density at radius 3 is 2.25 bits per heavy atom. The molecule has 0 amide bonds. The van der Waals surface area contributed by atoms with Gasteiger partial charge >= 0.3 is 5.97 Å². The van der Waals surface area contributed by atoms with Crippen LogP contribution in [0.15, 0.2) is 18.2 Å². The van der Waals surface area contributed by atoms with E-state index in [1.807, 2.05) is 0 Å². The number of hydrogen-bond acceptors (Lipinski definition) is 6. The summed E-state index contributed by atoms with van der Waals surface area (Å²) in [5.74, 6) is -0.894. The number of carboxylic acids is 1. The fourth-order valence-electron chi connectivity index (χ4n) is 1.48. The van der Waals surface area contributed by atoms with E-state index in [0.717, 1.165) is 7.11 Å². The van der Waals surface area contributed by atoms with Crippen LogP contribution in [0.5, 0.6) is 11.5 Å². The van der Waals surface area contributed by atoms with Gasteiger partial charge in [-0.15, -0.1) is 0 Å². The maximum absolute atomic E-state index is 11.8. The minimum absolute atomic E-state index is 0.131. The summed E-state index contributed by atoms with van der Waals surface area (Å²) in [6.45, 7) is 0. The smallest absolute Gasteiger partial charge is 0.350 e. The molecule has 9 heteroatoms. The first-order chi connectivity index (χ1) is 9.35. The summed E-state index contributed by atoms with van der Waals surface area (Å²) in [6, 6.07) is 4.26. The van der Waals surface area contributed by atoms with E-state index < -0.39 is 21.4 Å². The molecule has 0 fully saturated rings. The molecule has 0 spiro atoms. The Balaban J connectivity index is 3.06. The highest BCUT2D eigenvalue weighted by atomic mass is 32.2. The molecule has 1 unspecified atom stereocenters. The highest BCUT2D eigenvalue weighted by molar-refractivity contribution is 7.93. The molecule has 0 saturated carbocycles. The van der Waals surface area contributed by atoms with Gasteiger partial charge in [-0.3, -0.25) is 4.72 Å². The molecule has 1 atom stereocenters. The molecule has 1 aromatic carbocycles. The Morgan fingerprint density at radius 2 is 1.80 bits per heavy atom. The predicted molar refractivity (Wildman–Crippen MR) is 70.5 cm³/mol. The molecule has 112 valence electrons. The quantitative estimate of drug-likeness (QED) is 0.754. The van der Waals surface area contributed by atoms with Crippen molar-refractivity contribution in [3.63, 3.8) is 0 Å². The van der Waals surface area contributed by atoms with Gasteiger partial charge in [0.05, 0.1) is 19.9 Å². The number of carbonyl (C=O) groups is 1. The van der Waals surface area contributed by atoms with Crippen molar-refractivity contribution in [3.05, 3.63) is 18.2 Å². The molecule has 8 nitrogen and oxygen atoms in total. The number of sulfonamides is 1. The zero-order valence-electron chi connectivity index (χ0n) is 11.1. The Bertz CT molecular complexity index is 584. The highest BCUT2D eigenvalue weighted by Gasteiger charge is 2.32. The number of aliphatic carboxylic acids is 1. The average Bonchev–Trinajstić information content (AvgIpc) is 2.37. The van der Waals surface area contributed by atoms with Crippen LogP contribution in [0, 0.1) is 0 Å². The Kier molecular flexibility index (Phi) is 5.17. The molecule has 1 rings (SSSR count). The number of nitrogens with one attached hydrogen (secondary N) is 1. The SMILES string of the molecule is COc1ccc(NS(=O)(=O)C(OC)C(=O)O)cc1OC. The van der Waals surface area contributed by atoms with E-state index in [9.17, 15) is 13.2 Å². The average molecular weight is 305 g/mol. The van der Waals surface area contributed by atoms with E-state index >= 15 is 0 Å². The first-order valence-electron chi connectivity index (χ1n) is 5.35. The van der Waals surface area contributed by atoms with Crippen LogP contribution in [0.2, 0.25) is 0 Å². The minimum atomic E-state index is -4.24. The molecule has 0 radical (unpaired) electrons. The zero-order chi connectivity index (χ0) is 15.3. The van der Waals surface area contributed by atoms with Crippen LogP contribution in [0.3, 0.4) is 0 Å². The van der Waals surface area contributed by atoms with Crippen LogP contribution in [0.25, 0.3) is 0 Å². The van der Waals surface area contributed by atoms with Crippen molar-refractivity contribution < 1.29 is 32.5 Å². The summed E-state index contributed by atoms with van der Waals surface area (Å²) in [7, 11) is -0.413. The topological polar surface area (TPSA) is 111 Å². The summed E-state index contributed by atoms with van der Waals surface area (Å²) in [4.78, 5) is 10.8. The molecule has 20 heavy (non-hydrogen) atoms. The maximum atomic E-state index is 11.8. The lowest BCUT2D eigenvalue weighted by molar-refractivity contribution is -0.143. The van der Waals surface area contributed by atoms with Gasteiger partial charge in [-0.05, 0) is 12.1 Å². The lowest BCUT2D eigenvalue weighted by Crippen LogP contribution is -2.36. The van der Waals surface area contributed by atoms with E-state index in [4.69, 9.17) is 14.6 Å². The molecule has 0 aliphatic carbocycles. The molecular weight excluding hydrogens is 290 g/mol. The van der Waals surface area contributed by atoms with E-state index in [1.165, 1.54) is 32.4 Å². The molecule has 0 heterocycles. The number of anilines is 1. The van der Waals surface area contributed by atoms with Crippen LogP contribution in [0.4, 0.5) is 5.69 Å². The van der Waals surface area contributed by atoms with Gasteiger partial charge in [-0.25, -0.2) is 13.2 Å². The number of ether oxygens (including phenoxy) is 3. The number of methoxy groups -OCH3 is 3. The molecule has 0 aliphatic rings. The highest BCUT2D eigenvalue weighted by Crippen LogP contribution is 2.30. The standard InChI is InChI=1S/C11H15NO7S/c1-17-8-5-4-7(6-9(8)18-2)12-20(15,16)11(19-3)10(13)14/h4-6,11-12H,1-3H3,(H,13,14). The summed E-state index contributed by atoms with van der Waals surface area (Å²) in [5.41, 5.74) is -1.87. The molecule has 0 aliphatic heterocycles. The van der Waals surface area contributed by atoms with Crippen molar-refractivity contribution in [3.8, 4) is 11.5 Å². The summed E-state index contributed by atoms with van der Waals surface area (Å²) >= 11 is 0. The number of carboxylic acid groups (broad SMARTS) is 1. The fourth-order valence-corrected chi connectivity index (χ4v) is 2.56. The van der Waals surface area contributed by atoms with Crippen LogP contribution in [-0.2, 0) is 19.6 Å². The van der Waals surface area contributed by atoms with Gasteiger partial charge in [0.1, 0.15) is 0 Å². The van der Waals surface area contributed by atoms with Gasteiger partial charge in [0.15, 0.2) is 11.5 Å². The number of rotatable bonds is 7. The first-order valence-corrected chi connectivity index (χ1v) is 6.89. The molecule has 2 N–H and O–H groups in total. The molecule has 0 bridgehead atoms. The lowest BCUT2D eigenvalue weighted by Gasteiger charge is -2.15. The maximum Gasteiger partial charge on any atom is 0.350 e. The lowest BCUT2D eigenvalue weighted by atomic mass is 10.3. The van der Waals surface area contributed by atoms with E-state index in [2.05, 4.69) is 9.46 Å². The molecule has 1 aromatic rings. The van der Waals surface area contributed by atoms with E-state index in [1.54, 1.807) is 0 Å². The number of benzene rings is 1. The van der Waals surface area contributed by atoms with E-state index in [0.29, 0.717) is 11.5 Å². The van der Waals surface area contributed by atoms with Crippen molar-refractivity contribution in [1.29, 1.82) is 0 Å². The second-order valence-corrected chi connectivity index (χ2v) is 5.34. The summed E-state index contributed by atoms with van der Waals surface area (Å²) < 4.78 is 40.3. The van der Waals surface area contributed by atoms with Crippen molar-refractivity contribution >= 4 is 21.7 Å². The third-order valence-electron chi connectivity index (χ3n) is 2.34. The largest absolute Gasteiger partial charge is 0.493 e. The van der Waals surface area contributed by atoms with Crippen LogP contribution < -0.4 is 14.2 Å². The van der Waals surface area contributed by atoms with Gasteiger partial charge in [-0.1, -0.05) is 0 Å². The van der Waals surface area contributed by atoms with Crippen LogP contribution in [0.1, 0.15) is 0 Å². The third kappa shape index (κ3) is 3.52. The van der Waals surface area contributed by atoms with Gasteiger partial charge in [0, 0.05) is 13.2 Å². The van der Waals surface area contributed by atoms with Crippen LogP contribution >= 0.6 is 0 Å². The van der Waals surface area contributed by atoms with Crippen molar-refractivity contribution in [2.45, 2.75) is 5.44 Å². The minimum Gasteiger partial charge on any atom is -0.493 e. The first kappa shape index (κ1) is 16.1. The summed E-state index contributed by atoms with van der Waals surface area (Å²) in [5, 5.41) is 8.78. The van der Waals surface area contributed by atoms with Crippen LogP contribution in [-0.4, -0.2) is 46.3 Å². The van der Waals surface area contributed by atoms with E-state index in [-0.39, 0.29) is 5.69 Å². The predicted octanol–water partition coefficient (Wildman–Crippen LogP) is 0.503. The molecular formula is C11H15NO7S. The normalized spacial score (nSPS) is 12.6. The van der Waals surface area contributed by atoms with Crippen molar-refractivity contribution in [2.75, 3.05) is 26.1 Å². The number of hydrogen-bond donors (Lipinski definition) is 2. The third-order valence-corrected chi connectivity index (χ3v) is 3.82. The zero-order valence-corrected chi connectivity index (χ0v) is 11.9. The van der Waals surface area contributed by atoms with Gasteiger partial charge in [0.25, 0.3) is 15.5 Å². The second kappa shape index (κ2) is 6.44. The van der Waals surface area contributed by atoms with Gasteiger partial charge in [0.2, 0.25) is 0 Å². The Labute approximate surface area is 116 Å². The van der Waals surface area contributed by atoms with Crippen molar-refractivity contribution in [2.24, 2.45) is 0 Å². The monoisotopic (exact) mass is 305 g/mol. The van der Waals surface area contributed by atoms with Gasteiger partial charge < -0.3 is 19.3 Å². The molecule has 0 aromatic heterocycles. The Hall–Kier alpha value is -2.00. The molecule has 0 saturated heterocycles. The second-order valence-electron chi connectivity index (χ2n) is 3.62. The Morgan fingerprint density at radius 1 is 1.20 bits per heavy atom.